The van der Waals surface area contributed by atoms with Gasteiger partial charge in [0.25, 0.3) is 0 Å². The molecule has 90 valence electrons. The second kappa shape index (κ2) is 5.87. The zero-order valence-electron chi connectivity index (χ0n) is 10.5. The Balaban J connectivity index is 2.69. The highest BCUT2D eigenvalue weighted by molar-refractivity contribution is 5.39. The van der Waals surface area contributed by atoms with Crippen LogP contribution in [0.4, 0.5) is 0 Å². The van der Waals surface area contributed by atoms with Crippen LogP contribution in [-0.4, -0.2) is 36.8 Å². The average Bonchev–Trinajstić information content (AvgIpc) is 2.25. The van der Waals surface area contributed by atoms with Crippen molar-refractivity contribution in [3.05, 3.63) is 29.3 Å². The zero-order valence-corrected chi connectivity index (χ0v) is 10.5. The molecular weight excluding hydrogens is 202 g/mol. The van der Waals surface area contributed by atoms with Gasteiger partial charge in [-0.25, -0.2) is 0 Å². The first-order valence-corrected chi connectivity index (χ1v) is 5.53. The Kier molecular flexibility index (Phi) is 4.77. The van der Waals surface area contributed by atoms with Crippen molar-refractivity contribution in [1.82, 2.24) is 4.90 Å². The van der Waals surface area contributed by atoms with Crippen LogP contribution in [0.2, 0.25) is 0 Å². The van der Waals surface area contributed by atoms with E-state index in [-0.39, 0.29) is 0 Å². The van der Waals surface area contributed by atoms with Crippen LogP contribution in [0.15, 0.2) is 18.2 Å². The molecule has 0 aliphatic heterocycles. The maximum Gasteiger partial charge on any atom is 0.122 e. The first-order valence-electron chi connectivity index (χ1n) is 5.53. The Morgan fingerprint density at radius 1 is 1.44 bits per heavy atom. The quantitative estimate of drug-likeness (QED) is 0.830. The molecule has 0 aromatic heterocycles. The number of aryl methyl sites for hydroxylation is 1. The highest BCUT2D eigenvalue weighted by atomic mass is 16.5. The Labute approximate surface area is 97.7 Å². The molecule has 0 spiro atoms. The van der Waals surface area contributed by atoms with E-state index in [4.69, 9.17) is 4.74 Å². The van der Waals surface area contributed by atoms with Crippen LogP contribution in [0.3, 0.4) is 0 Å². The molecule has 0 heterocycles. The lowest BCUT2D eigenvalue weighted by atomic mass is 10.1. The van der Waals surface area contributed by atoms with E-state index in [0.717, 1.165) is 17.7 Å². The van der Waals surface area contributed by atoms with Crippen molar-refractivity contribution in [2.24, 2.45) is 0 Å². The number of nitrogens with zero attached hydrogens (tertiary/aromatic N) is 1. The molecule has 0 radical (unpaired) electrons. The molecule has 0 bridgehead atoms. The largest absolute Gasteiger partial charge is 0.507 e. The van der Waals surface area contributed by atoms with Crippen molar-refractivity contribution >= 4 is 0 Å². The Hall–Kier alpha value is -1.06. The number of methoxy groups -OCH3 is 1. The third-order valence-electron chi connectivity index (χ3n) is 2.90. The monoisotopic (exact) mass is 223 g/mol. The number of benzene rings is 1. The second-order valence-electron chi connectivity index (χ2n) is 4.30. The minimum atomic E-state index is 0.338. The van der Waals surface area contributed by atoms with E-state index in [0.29, 0.717) is 18.4 Å². The van der Waals surface area contributed by atoms with Crippen molar-refractivity contribution in [1.29, 1.82) is 0 Å². The molecule has 1 aromatic rings. The molecule has 0 saturated carbocycles. The van der Waals surface area contributed by atoms with Crippen LogP contribution < -0.4 is 0 Å². The molecule has 1 rings (SSSR count). The highest BCUT2D eigenvalue weighted by Gasteiger charge is 2.11. The van der Waals surface area contributed by atoms with Crippen LogP contribution in [0.25, 0.3) is 0 Å². The van der Waals surface area contributed by atoms with Crippen LogP contribution in [-0.2, 0) is 11.3 Å². The van der Waals surface area contributed by atoms with Crippen LogP contribution in [0.5, 0.6) is 5.75 Å². The fraction of sp³-hybridized carbons (Fsp3) is 0.538. The van der Waals surface area contributed by atoms with Gasteiger partial charge in [-0.05, 0) is 26.5 Å². The number of phenols is 1. The normalized spacial score (nSPS) is 13.1. The number of hydrogen-bond donors (Lipinski definition) is 1. The lowest BCUT2D eigenvalue weighted by molar-refractivity contribution is 0.111. The van der Waals surface area contributed by atoms with Gasteiger partial charge in [0.05, 0.1) is 6.61 Å². The molecule has 1 unspecified atom stereocenters. The minimum absolute atomic E-state index is 0.338. The molecule has 16 heavy (non-hydrogen) atoms. The number of aromatic hydroxyl groups is 1. The van der Waals surface area contributed by atoms with E-state index in [1.807, 2.05) is 32.2 Å². The Morgan fingerprint density at radius 3 is 2.75 bits per heavy atom. The van der Waals surface area contributed by atoms with E-state index in [9.17, 15) is 5.11 Å². The van der Waals surface area contributed by atoms with Gasteiger partial charge in [-0.2, -0.15) is 0 Å². The maximum absolute atomic E-state index is 9.90. The van der Waals surface area contributed by atoms with Crippen molar-refractivity contribution in [2.75, 3.05) is 20.8 Å². The Morgan fingerprint density at radius 2 is 2.12 bits per heavy atom. The molecule has 1 aromatic carbocycles. The summed E-state index contributed by atoms with van der Waals surface area (Å²) in [5.41, 5.74) is 1.88. The summed E-state index contributed by atoms with van der Waals surface area (Å²) in [6.45, 7) is 5.45. The van der Waals surface area contributed by atoms with Crippen LogP contribution >= 0.6 is 0 Å². The summed E-state index contributed by atoms with van der Waals surface area (Å²) >= 11 is 0. The number of para-hydroxylation sites is 1. The van der Waals surface area contributed by atoms with Gasteiger partial charge in [0.15, 0.2) is 0 Å². The lowest BCUT2D eigenvalue weighted by Gasteiger charge is -2.24. The van der Waals surface area contributed by atoms with Gasteiger partial charge in [-0.1, -0.05) is 18.2 Å². The fourth-order valence-electron chi connectivity index (χ4n) is 1.64. The summed E-state index contributed by atoms with van der Waals surface area (Å²) in [6.07, 6.45) is 0. The maximum atomic E-state index is 9.90. The summed E-state index contributed by atoms with van der Waals surface area (Å²) < 4.78 is 5.11. The number of ether oxygens (including phenoxy) is 1. The summed E-state index contributed by atoms with van der Waals surface area (Å²) in [6, 6.07) is 6.18. The van der Waals surface area contributed by atoms with Crippen molar-refractivity contribution < 1.29 is 9.84 Å². The van der Waals surface area contributed by atoms with Gasteiger partial charge in [0.1, 0.15) is 5.75 Å². The number of rotatable bonds is 5. The lowest BCUT2D eigenvalue weighted by Crippen LogP contribution is -2.32. The third-order valence-corrected chi connectivity index (χ3v) is 2.90. The molecule has 3 heteroatoms. The van der Waals surface area contributed by atoms with Gasteiger partial charge in [-0.15, -0.1) is 0 Å². The van der Waals surface area contributed by atoms with Gasteiger partial charge >= 0.3 is 0 Å². The van der Waals surface area contributed by atoms with Gasteiger partial charge < -0.3 is 9.84 Å². The molecule has 3 nitrogen and oxygen atoms in total. The van der Waals surface area contributed by atoms with E-state index in [2.05, 4.69) is 11.8 Å². The predicted molar refractivity (Wildman–Crippen MR) is 65.6 cm³/mol. The van der Waals surface area contributed by atoms with E-state index in [1.54, 1.807) is 7.11 Å². The summed E-state index contributed by atoms with van der Waals surface area (Å²) in [5.74, 6) is 0.402. The van der Waals surface area contributed by atoms with E-state index in [1.165, 1.54) is 0 Å². The zero-order chi connectivity index (χ0) is 12.1. The molecule has 1 N–H and O–H groups in total. The Bertz CT molecular complexity index is 339. The molecule has 0 aliphatic carbocycles. The number of hydrogen-bond acceptors (Lipinski definition) is 3. The van der Waals surface area contributed by atoms with Crippen molar-refractivity contribution in [3.63, 3.8) is 0 Å². The van der Waals surface area contributed by atoms with E-state index >= 15 is 0 Å². The molecule has 0 aliphatic rings. The summed E-state index contributed by atoms with van der Waals surface area (Å²) in [7, 11) is 3.74. The third kappa shape index (κ3) is 3.22. The van der Waals surface area contributed by atoms with Crippen LogP contribution in [0.1, 0.15) is 18.1 Å². The average molecular weight is 223 g/mol. The second-order valence-corrected chi connectivity index (χ2v) is 4.30. The smallest absolute Gasteiger partial charge is 0.122 e. The van der Waals surface area contributed by atoms with Crippen molar-refractivity contribution in [2.45, 2.75) is 26.4 Å². The van der Waals surface area contributed by atoms with Gasteiger partial charge in [0.2, 0.25) is 0 Å². The van der Waals surface area contributed by atoms with Crippen molar-refractivity contribution in [3.8, 4) is 5.75 Å². The standard InChI is InChI=1S/C13H21NO2/c1-10-6-5-7-12(13(10)15)8-14(3)11(2)9-16-4/h5-7,11,15H,8-9H2,1-4H3. The topological polar surface area (TPSA) is 32.7 Å². The number of likely N-dealkylation sites (N-methyl/N-ethyl adjacent to an activating group) is 1. The summed E-state index contributed by atoms with van der Waals surface area (Å²) in [4.78, 5) is 2.16. The van der Waals surface area contributed by atoms with Gasteiger partial charge in [-0.3, -0.25) is 4.90 Å². The first-order chi connectivity index (χ1) is 7.56. The molecule has 0 saturated heterocycles. The minimum Gasteiger partial charge on any atom is -0.507 e. The highest BCUT2D eigenvalue weighted by Crippen LogP contribution is 2.22. The molecular formula is C13H21NO2. The van der Waals surface area contributed by atoms with E-state index < -0.39 is 0 Å². The van der Waals surface area contributed by atoms with Crippen LogP contribution in [0, 0.1) is 6.92 Å². The summed E-state index contributed by atoms with van der Waals surface area (Å²) in [5, 5.41) is 9.90. The molecule has 0 amide bonds. The SMILES string of the molecule is COCC(C)N(C)Cc1cccc(C)c1O. The predicted octanol–water partition coefficient (Wildman–Crippen LogP) is 2.17. The number of phenolic OH excluding ortho intramolecular Hbond substituents is 1. The molecule has 0 fully saturated rings. The molecule has 1 atom stereocenters. The fourth-order valence-corrected chi connectivity index (χ4v) is 1.64. The first kappa shape index (κ1) is 13.0. The van der Waals surface area contributed by atoms with Gasteiger partial charge in [0, 0.05) is 25.3 Å².